The number of thiophene rings is 1. The van der Waals surface area contributed by atoms with Gasteiger partial charge < -0.3 is 16.9 Å². The fraction of sp³-hybridized carbons (Fsp3) is 0. The van der Waals surface area contributed by atoms with Crippen molar-refractivity contribution < 1.29 is 0 Å². The zero-order valence-electron chi connectivity index (χ0n) is 13.2. The Morgan fingerprint density at radius 2 is 1.72 bits per heavy atom. The maximum Gasteiger partial charge on any atom is 0.219 e. The largest absolute Gasteiger partial charge is 0.398 e. The first-order chi connectivity index (χ1) is 12.2. The van der Waals surface area contributed by atoms with Gasteiger partial charge in [-0.05, 0) is 35.2 Å². The van der Waals surface area contributed by atoms with Crippen molar-refractivity contribution in [2.24, 2.45) is 0 Å². The van der Waals surface area contributed by atoms with Gasteiger partial charge in [-0.15, -0.1) is 11.3 Å². The highest BCUT2D eigenvalue weighted by atomic mass is 32.1. The zero-order valence-corrected chi connectivity index (χ0v) is 14.0. The van der Waals surface area contributed by atoms with Crippen molar-refractivity contribution in [1.82, 2.24) is 9.97 Å². The van der Waals surface area contributed by atoms with E-state index in [1.807, 2.05) is 24.3 Å². The van der Waals surface area contributed by atoms with E-state index in [1.165, 1.54) is 16.3 Å². The molecule has 122 valence electrons. The standard InChI is InChI=1S/C19H15N5S/c20-8-13-5-12(14-9-23-19(22)24-10-14)6-15(18(13)21)17-7-11-3-1-2-4-16(11)25-17/h1-10,20H,21H2,(H2,22,23,24). The van der Waals surface area contributed by atoms with Crippen molar-refractivity contribution in [3.63, 3.8) is 0 Å². The van der Waals surface area contributed by atoms with Crippen LogP contribution in [0.25, 0.3) is 31.7 Å². The number of nitrogens with one attached hydrogen (secondary N) is 1. The maximum absolute atomic E-state index is 7.69. The average Bonchev–Trinajstić information content (AvgIpc) is 3.06. The molecule has 0 saturated carbocycles. The predicted octanol–water partition coefficient (Wildman–Crippen LogP) is 4.19. The lowest BCUT2D eigenvalue weighted by Crippen LogP contribution is -1.98. The highest BCUT2D eigenvalue weighted by molar-refractivity contribution is 7.22. The van der Waals surface area contributed by atoms with E-state index in [2.05, 4.69) is 28.2 Å². The molecule has 2 aromatic heterocycles. The monoisotopic (exact) mass is 345 g/mol. The van der Waals surface area contributed by atoms with Gasteiger partial charge in [-0.3, -0.25) is 0 Å². The Kier molecular flexibility index (Phi) is 3.66. The molecule has 0 radical (unpaired) electrons. The van der Waals surface area contributed by atoms with Crippen LogP contribution in [0.4, 0.5) is 11.6 Å². The smallest absolute Gasteiger partial charge is 0.219 e. The minimum atomic E-state index is 0.233. The zero-order chi connectivity index (χ0) is 17.4. The molecule has 4 aromatic rings. The summed E-state index contributed by atoms with van der Waals surface area (Å²) in [6.45, 7) is 0. The second-order valence-corrected chi connectivity index (χ2v) is 6.73. The summed E-state index contributed by atoms with van der Waals surface area (Å²) in [6.07, 6.45) is 4.63. The number of hydrogen-bond acceptors (Lipinski definition) is 6. The predicted molar refractivity (Wildman–Crippen MR) is 105 cm³/mol. The molecule has 2 aromatic carbocycles. The maximum atomic E-state index is 7.69. The fourth-order valence-corrected chi connectivity index (χ4v) is 3.86. The first kappa shape index (κ1) is 15.3. The van der Waals surface area contributed by atoms with Gasteiger partial charge in [0.2, 0.25) is 5.95 Å². The van der Waals surface area contributed by atoms with E-state index in [-0.39, 0.29) is 5.95 Å². The number of fused-ring (bicyclic) bond motifs is 1. The van der Waals surface area contributed by atoms with E-state index in [9.17, 15) is 0 Å². The number of rotatable bonds is 3. The molecule has 0 aliphatic rings. The van der Waals surface area contributed by atoms with Crippen LogP contribution in [0.3, 0.4) is 0 Å². The van der Waals surface area contributed by atoms with Crippen LogP contribution in [0.15, 0.2) is 54.9 Å². The summed E-state index contributed by atoms with van der Waals surface area (Å²) in [7, 11) is 0. The molecule has 5 N–H and O–H groups in total. The molecule has 0 unspecified atom stereocenters. The Bertz CT molecular complexity index is 1050. The van der Waals surface area contributed by atoms with Gasteiger partial charge in [-0.1, -0.05) is 18.2 Å². The summed E-state index contributed by atoms with van der Waals surface area (Å²) in [5, 5.41) is 8.87. The molecule has 0 aliphatic heterocycles. The minimum Gasteiger partial charge on any atom is -0.398 e. The second-order valence-electron chi connectivity index (χ2n) is 5.65. The molecule has 0 amide bonds. The number of aromatic nitrogens is 2. The number of anilines is 2. The molecule has 0 spiro atoms. The van der Waals surface area contributed by atoms with E-state index < -0.39 is 0 Å². The van der Waals surface area contributed by atoms with Gasteiger partial charge in [0.15, 0.2) is 0 Å². The number of hydrogen-bond donors (Lipinski definition) is 3. The van der Waals surface area contributed by atoms with Crippen LogP contribution in [0.2, 0.25) is 0 Å². The van der Waals surface area contributed by atoms with Crippen molar-refractivity contribution in [2.45, 2.75) is 0 Å². The van der Waals surface area contributed by atoms with E-state index >= 15 is 0 Å². The Morgan fingerprint density at radius 3 is 2.44 bits per heavy atom. The van der Waals surface area contributed by atoms with E-state index in [1.54, 1.807) is 23.7 Å². The molecule has 5 nitrogen and oxygen atoms in total. The highest BCUT2D eigenvalue weighted by Crippen LogP contribution is 2.39. The van der Waals surface area contributed by atoms with E-state index in [0.717, 1.165) is 21.6 Å². The molecule has 4 rings (SSSR count). The molecule has 6 heteroatoms. The van der Waals surface area contributed by atoms with Crippen molar-refractivity contribution in [3.8, 4) is 21.6 Å². The molecule has 0 bridgehead atoms. The molecule has 0 atom stereocenters. The van der Waals surface area contributed by atoms with Crippen LogP contribution < -0.4 is 11.5 Å². The first-order valence-electron chi connectivity index (χ1n) is 7.66. The van der Waals surface area contributed by atoms with E-state index in [0.29, 0.717) is 11.3 Å². The van der Waals surface area contributed by atoms with Gasteiger partial charge in [-0.2, -0.15) is 0 Å². The average molecular weight is 345 g/mol. The van der Waals surface area contributed by atoms with Crippen LogP contribution in [-0.2, 0) is 0 Å². The van der Waals surface area contributed by atoms with Gasteiger partial charge in [0.1, 0.15) is 0 Å². The fourth-order valence-electron chi connectivity index (χ4n) is 2.77. The van der Waals surface area contributed by atoms with Crippen LogP contribution >= 0.6 is 11.3 Å². The molecule has 0 saturated heterocycles. The lowest BCUT2D eigenvalue weighted by molar-refractivity contribution is 1.19. The number of nitrogens with zero attached hydrogens (tertiary/aromatic N) is 2. The number of benzene rings is 2. The summed E-state index contributed by atoms with van der Waals surface area (Å²) >= 11 is 1.68. The lowest BCUT2D eigenvalue weighted by atomic mass is 9.98. The third kappa shape index (κ3) is 2.72. The molecular formula is C19H15N5S. The summed E-state index contributed by atoms with van der Waals surface area (Å²) in [5.41, 5.74) is 15.8. The molecule has 25 heavy (non-hydrogen) atoms. The third-order valence-electron chi connectivity index (χ3n) is 4.06. The Morgan fingerprint density at radius 1 is 0.960 bits per heavy atom. The topological polar surface area (TPSA) is 102 Å². The minimum absolute atomic E-state index is 0.233. The Hall–Kier alpha value is -3.25. The highest BCUT2D eigenvalue weighted by Gasteiger charge is 2.13. The van der Waals surface area contributed by atoms with Crippen LogP contribution in [-0.4, -0.2) is 16.2 Å². The van der Waals surface area contributed by atoms with Gasteiger partial charge in [0, 0.05) is 50.6 Å². The number of nitrogen functional groups attached to an aromatic ring is 2. The van der Waals surface area contributed by atoms with Crippen LogP contribution in [0, 0.1) is 5.41 Å². The van der Waals surface area contributed by atoms with Crippen LogP contribution in [0.5, 0.6) is 0 Å². The lowest BCUT2D eigenvalue weighted by Gasteiger charge is -2.11. The molecule has 0 fully saturated rings. The van der Waals surface area contributed by atoms with Crippen molar-refractivity contribution >= 4 is 39.3 Å². The van der Waals surface area contributed by atoms with Crippen molar-refractivity contribution in [3.05, 3.63) is 60.4 Å². The first-order valence-corrected chi connectivity index (χ1v) is 8.48. The molecule has 2 heterocycles. The van der Waals surface area contributed by atoms with Crippen LogP contribution in [0.1, 0.15) is 5.56 Å². The SMILES string of the molecule is N=Cc1cc(-c2cnc(N)nc2)cc(-c2cc3ccccc3s2)c1N. The summed E-state index contributed by atoms with van der Waals surface area (Å²) in [4.78, 5) is 9.17. The Balaban J connectivity index is 1.93. The van der Waals surface area contributed by atoms with Crippen molar-refractivity contribution in [2.75, 3.05) is 11.5 Å². The Labute approximate surface area is 148 Å². The number of nitrogens with two attached hydrogens (primary N) is 2. The van der Waals surface area contributed by atoms with Gasteiger partial charge >= 0.3 is 0 Å². The quantitative estimate of drug-likeness (QED) is 0.383. The molecular weight excluding hydrogens is 330 g/mol. The third-order valence-corrected chi connectivity index (χ3v) is 5.21. The van der Waals surface area contributed by atoms with Gasteiger partial charge in [-0.25, -0.2) is 9.97 Å². The summed E-state index contributed by atoms with van der Waals surface area (Å²) < 4.78 is 1.20. The van der Waals surface area contributed by atoms with E-state index in [4.69, 9.17) is 16.9 Å². The molecule has 0 aliphatic carbocycles. The summed E-state index contributed by atoms with van der Waals surface area (Å²) in [5.74, 6) is 0.233. The van der Waals surface area contributed by atoms with Crippen molar-refractivity contribution in [1.29, 1.82) is 5.41 Å². The normalized spacial score (nSPS) is 10.9. The second kappa shape index (κ2) is 5.99. The van der Waals surface area contributed by atoms with Gasteiger partial charge in [0.25, 0.3) is 0 Å². The van der Waals surface area contributed by atoms with Gasteiger partial charge in [0.05, 0.1) is 0 Å². The summed E-state index contributed by atoms with van der Waals surface area (Å²) in [6, 6.07) is 14.2.